The minimum absolute atomic E-state index is 0.164. The van der Waals surface area contributed by atoms with E-state index in [4.69, 9.17) is 5.11 Å². The summed E-state index contributed by atoms with van der Waals surface area (Å²) >= 11 is 0. The highest BCUT2D eigenvalue weighted by Crippen LogP contribution is 2.20. The van der Waals surface area contributed by atoms with Gasteiger partial charge in [-0.2, -0.15) is 0 Å². The summed E-state index contributed by atoms with van der Waals surface area (Å²) in [5, 5.41) is 9.05. The normalized spacial score (nSPS) is 28.9. The van der Waals surface area contributed by atoms with Crippen molar-refractivity contribution in [1.29, 1.82) is 0 Å². The number of ether oxygens (including phenoxy) is 1. The van der Waals surface area contributed by atoms with Gasteiger partial charge in [0, 0.05) is 0 Å². The molecule has 62 valence electrons. The van der Waals surface area contributed by atoms with Crippen molar-refractivity contribution in [2.75, 3.05) is 7.11 Å². The largest absolute Gasteiger partial charge is 0.469 e. The van der Waals surface area contributed by atoms with Gasteiger partial charge < -0.3 is 9.84 Å². The summed E-state index contributed by atoms with van der Waals surface area (Å²) < 4.78 is 4.49. The van der Waals surface area contributed by atoms with Gasteiger partial charge in [0.05, 0.1) is 19.6 Å². The molecule has 1 aliphatic rings. The third kappa shape index (κ3) is 2.35. The van der Waals surface area contributed by atoms with Crippen molar-refractivity contribution in [3.8, 4) is 0 Å². The van der Waals surface area contributed by atoms with Crippen LogP contribution in [-0.2, 0) is 9.53 Å². The molecule has 0 saturated heterocycles. The molecular formula is C8H12O3. The molecule has 0 aromatic carbocycles. The van der Waals surface area contributed by atoms with E-state index in [0.717, 1.165) is 0 Å². The summed E-state index contributed by atoms with van der Waals surface area (Å²) in [6.07, 6.45) is 4.23. The van der Waals surface area contributed by atoms with E-state index in [2.05, 4.69) is 4.74 Å². The van der Waals surface area contributed by atoms with Crippen molar-refractivity contribution in [2.24, 2.45) is 5.92 Å². The Morgan fingerprint density at radius 2 is 2.45 bits per heavy atom. The molecule has 0 aromatic heterocycles. The summed E-state index contributed by atoms with van der Waals surface area (Å²) in [5.74, 6) is -0.0498. The van der Waals surface area contributed by atoms with Gasteiger partial charge in [0.25, 0.3) is 0 Å². The van der Waals surface area contributed by atoms with Gasteiger partial charge in [0.15, 0.2) is 0 Å². The van der Waals surface area contributed by atoms with Crippen LogP contribution in [0.5, 0.6) is 0 Å². The fraction of sp³-hybridized carbons (Fsp3) is 0.625. The van der Waals surface area contributed by atoms with Gasteiger partial charge in [-0.25, -0.2) is 0 Å². The monoisotopic (exact) mass is 156 g/mol. The molecule has 1 N–H and O–H groups in total. The quantitative estimate of drug-likeness (QED) is 0.467. The van der Waals surface area contributed by atoms with Crippen LogP contribution < -0.4 is 0 Å². The minimum Gasteiger partial charge on any atom is -0.469 e. The third-order valence-corrected chi connectivity index (χ3v) is 1.81. The molecule has 0 saturated carbocycles. The number of aliphatic hydroxyl groups is 1. The summed E-state index contributed by atoms with van der Waals surface area (Å²) in [4.78, 5) is 10.7. The number of rotatable bonds is 2. The number of esters is 1. The number of carbonyl (C=O) groups excluding carboxylic acids is 1. The zero-order valence-corrected chi connectivity index (χ0v) is 6.49. The summed E-state index contributed by atoms with van der Waals surface area (Å²) in [6.45, 7) is 0. The molecule has 0 aliphatic heterocycles. The van der Waals surface area contributed by atoms with E-state index in [1.54, 1.807) is 6.08 Å². The van der Waals surface area contributed by atoms with E-state index in [0.29, 0.717) is 12.8 Å². The Balaban J connectivity index is 2.29. The lowest BCUT2D eigenvalue weighted by Crippen LogP contribution is -2.08. The molecule has 3 heteroatoms. The number of carbonyl (C=O) groups is 1. The van der Waals surface area contributed by atoms with Crippen molar-refractivity contribution >= 4 is 5.97 Å². The van der Waals surface area contributed by atoms with Crippen LogP contribution in [0.25, 0.3) is 0 Å². The van der Waals surface area contributed by atoms with Gasteiger partial charge in [-0.1, -0.05) is 12.2 Å². The molecule has 11 heavy (non-hydrogen) atoms. The Hall–Kier alpha value is -0.830. The first-order chi connectivity index (χ1) is 5.22. The van der Waals surface area contributed by atoms with Gasteiger partial charge in [-0.3, -0.25) is 4.79 Å². The first kappa shape index (κ1) is 8.27. The molecule has 1 aliphatic carbocycles. The first-order valence-electron chi connectivity index (χ1n) is 3.65. The van der Waals surface area contributed by atoms with E-state index in [1.807, 2.05) is 6.08 Å². The molecule has 3 nitrogen and oxygen atoms in total. The lowest BCUT2D eigenvalue weighted by Gasteiger charge is -2.05. The summed E-state index contributed by atoms with van der Waals surface area (Å²) in [5.41, 5.74) is 0. The second-order valence-electron chi connectivity index (χ2n) is 2.73. The van der Waals surface area contributed by atoms with Gasteiger partial charge in [0.2, 0.25) is 0 Å². The highest BCUT2D eigenvalue weighted by molar-refractivity contribution is 5.69. The molecule has 0 spiro atoms. The Kier molecular flexibility index (Phi) is 2.65. The van der Waals surface area contributed by atoms with Crippen molar-refractivity contribution in [1.82, 2.24) is 0 Å². The van der Waals surface area contributed by atoms with Gasteiger partial charge in [-0.15, -0.1) is 0 Å². The van der Waals surface area contributed by atoms with Crippen LogP contribution in [0.2, 0.25) is 0 Å². The summed E-state index contributed by atoms with van der Waals surface area (Å²) in [6, 6.07) is 0. The Morgan fingerprint density at radius 1 is 1.73 bits per heavy atom. The molecule has 0 heterocycles. The van der Waals surface area contributed by atoms with Crippen molar-refractivity contribution < 1.29 is 14.6 Å². The van der Waals surface area contributed by atoms with Crippen LogP contribution in [0, 0.1) is 5.92 Å². The average Bonchev–Trinajstić information content (AvgIpc) is 2.35. The highest BCUT2D eigenvalue weighted by atomic mass is 16.5. The zero-order valence-electron chi connectivity index (χ0n) is 6.49. The van der Waals surface area contributed by atoms with Crippen molar-refractivity contribution in [2.45, 2.75) is 18.9 Å². The fourth-order valence-corrected chi connectivity index (χ4v) is 1.20. The minimum atomic E-state index is -0.371. The van der Waals surface area contributed by atoms with E-state index in [-0.39, 0.29) is 18.0 Å². The van der Waals surface area contributed by atoms with E-state index < -0.39 is 0 Å². The van der Waals surface area contributed by atoms with E-state index >= 15 is 0 Å². The van der Waals surface area contributed by atoms with Gasteiger partial charge in [-0.05, 0) is 12.3 Å². The molecule has 0 amide bonds. The topological polar surface area (TPSA) is 46.5 Å². The highest BCUT2D eigenvalue weighted by Gasteiger charge is 2.19. The molecule has 1 rings (SSSR count). The molecule has 0 fully saturated rings. The molecular weight excluding hydrogens is 144 g/mol. The zero-order chi connectivity index (χ0) is 8.27. The lowest BCUT2D eigenvalue weighted by molar-refractivity contribution is -0.141. The number of hydrogen-bond acceptors (Lipinski definition) is 3. The average molecular weight is 156 g/mol. The van der Waals surface area contributed by atoms with E-state index in [1.165, 1.54) is 7.11 Å². The second-order valence-corrected chi connectivity index (χ2v) is 2.73. The van der Waals surface area contributed by atoms with Gasteiger partial charge >= 0.3 is 5.97 Å². The molecule has 0 unspecified atom stereocenters. The maximum Gasteiger partial charge on any atom is 0.306 e. The Morgan fingerprint density at radius 3 is 2.91 bits per heavy atom. The number of allylic oxidation sites excluding steroid dienone is 1. The molecule has 2 atom stereocenters. The third-order valence-electron chi connectivity index (χ3n) is 1.81. The molecule has 0 radical (unpaired) electrons. The number of hydrogen-bond donors (Lipinski definition) is 1. The smallest absolute Gasteiger partial charge is 0.306 e. The predicted molar refractivity (Wildman–Crippen MR) is 39.9 cm³/mol. The second kappa shape index (κ2) is 3.53. The maximum atomic E-state index is 10.7. The van der Waals surface area contributed by atoms with E-state index in [9.17, 15) is 4.79 Å². The van der Waals surface area contributed by atoms with Crippen LogP contribution in [0.4, 0.5) is 0 Å². The number of aliphatic hydroxyl groups excluding tert-OH is 1. The molecule has 0 aromatic rings. The van der Waals surface area contributed by atoms with Crippen LogP contribution in [-0.4, -0.2) is 24.3 Å². The molecule has 0 bridgehead atoms. The van der Waals surface area contributed by atoms with Gasteiger partial charge in [0.1, 0.15) is 0 Å². The predicted octanol–water partition coefficient (Wildman–Crippen LogP) is 0.486. The maximum absolute atomic E-state index is 10.7. The fourth-order valence-electron chi connectivity index (χ4n) is 1.20. The Labute approximate surface area is 65.7 Å². The first-order valence-corrected chi connectivity index (χ1v) is 3.65. The SMILES string of the molecule is COC(=O)C[C@H]1C=C[C@H](O)C1. The van der Waals surface area contributed by atoms with Crippen LogP contribution in [0.15, 0.2) is 12.2 Å². The van der Waals surface area contributed by atoms with Crippen LogP contribution in [0.3, 0.4) is 0 Å². The van der Waals surface area contributed by atoms with Crippen LogP contribution in [0.1, 0.15) is 12.8 Å². The number of methoxy groups -OCH3 is 1. The summed E-state index contributed by atoms with van der Waals surface area (Å²) in [7, 11) is 1.37. The van der Waals surface area contributed by atoms with Crippen molar-refractivity contribution in [3.05, 3.63) is 12.2 Å². The van der Waals surface area contributed by atoms with Crippen LogP contribution >= 0.6 is 0 Å². The lowest BCUT2D eigenvalue weighted by atomic mass is 10.1. The van der Waals surface area contributed by atoms with Crippen molar-refractivity contribution in [3.63, 3.8) is 0 Å². The standard InChI is InChI=1S/C8H12O3/c1-11-8(10)5-6-2-3-7(9)4-6/h2-3,6-7,9H,4-5H2,1H3/t6-,7-/m0/s1. The Bertz CT molecular complexity index is 174.